The van der Waals surface area contributed by atoms with Gasteiger partial charge < -0.3 is 45.4 Å². The maximum atomic E-state index is 13.4. The summed E-state index contributed by atoms with van der Waals surface area (Å²) in [5.74, 6) is 0.174. The molecule has 0 radical (unpaired) electrons. The third kappa shape index (κ3) is 8.89. The van der Waals surface area contributed by atoms with Gasteiger partial charge in [0.25, 0.3) is 0 Å². The summed E-state index contributed by atoms with van der Waals surface area (Å²) in [6.07, 6.45) is -0.334. The first-order valence-corrected chi connectivity index (χ1v) is 17.2. The quantitative estimate of drug-likeness (QED) is 0.198. The summed E-state index contributed by atoms with van der Waals surface area (Å²) in [5, 5.41) is 47.6. The number of carbonyl (C=O) groups excluding carboxylic acids is 2. The fourth-order valence-electron chi connectivity index (χ4n) is 6.48. The van der Waals surface area contributed by atoms with Crippen molar-refractivity contribution in [2.45, 2.75) is 96.9 Å². The lowest BCUT2D eigenvalue weighted by molar-refractivity contribution is -0.232. The van der Waals surface area contributed by atoms with Crippen LogP contribution in [-0.2, 0) is 27.2 Å². The van der Waals surface area contributed by atoms with Gasteiger partial charge in [0, 0.05) is 31.7 Å². The van der Waals surface area contributed by atoms with Gasteiger partial charge in [0.1, 0.15) is 41.8 Å². The lowest BCUT2D eigenvalue weighted by Gasteiger charge is -2.40. The maximum absolute atomic E-state index is 13.4. The highest BCUT2D eigenvalue weighted by atomic mass is 16.5. The standard InChI is InChI=1S/C38H55N3O8/c1-8-9-26-21-29(48-7)28(34-33(45)32(44)31(43)30(22-42)49-34)20-27(26)19-25-11-10-24(18-23(25)2)12-13-37(3,4)35(46)40-38(5,6)36(47)41-16-14-39-15-17-41/h10-13,18,20-21,30-34,39,42-45H,8-9,14-17,19,22H2,1-7H3,(H,40,46)/b13-12+/t30-,31+,32+,33+,34+/m1/s1. The molecule has 49 heavy (non-hydrogen) atoms. The van der Waals surface area contributed by atoms with Crippen molar-refractivity contribution in [3.63, 3.8) is 0 Å². The number of amides is 2. The van der Waals surface area contributed by atoms with Gasteiger partial charge in [0.05, 0.1) is 19.1 Å². The summed E-state index contributed by atoms with van der Waals surface area (Å²) in [6, 6.07) is 10.0. The predicted molar refractivity (Wildman–Crippen MR) is 188 cm³/mol. The van der Waals surface area contributed by atoms with Crippen LogP contribution in [0.4, 0.5) is 0 Å². The highest BCUT2D eigenvalue weighted by Gasteiger charge is 2.45. The molecule has 2 aliphatic rings. The smallest absolute Gasteiger partial charge is 0.247 e. The monoisotopic (exact) mass is 681 g/mol. The van der Waals surface area contributed by atoms with E-state index in [1.807, 2.05) is 51.1 Å². The summed E-state index contributed by atoms with van der Waals surface area (Å²) < 4.78 is 11.6. The number of ether oxygens (including phenoxy) is 2. The van der Waals surface area contributed by atoms with Gasteiger partial charge in [0.2, 0.25) is 11.8 Å². The average molecular weight is 682 g/mol. The molecule has 2 aromatic carbocycles. The van der Waals surface area contributed by atoms with E-state index < -0.39 is 48.1 Å². The van der Waals surface area contributed by atoms with Gasteiger partial charge in [-0.25, -0.2) is 0 Å². The molecule has 5 atom stereocenters. The second-order valence-corrected chi connectivity index (χ2v) is 14.4. The van der Waals surface area contributed by atoms with Gasteiger partial charge in [0.15, 0.2) is 0 Å². The van der Waals surface area contributed by atoms with Crippen LogP contribution < -0.4 is 15.4 Å². The summed E-state index contributed by atoms with van der Waals surface area (Å²) in [5.41, 5.74) is 3.81. The van der Waals surface area contributed by atoms with Crippen molar-refractivity contribution >= 4 is 17.9 Å². The first kappa shape index (κ1) is 38.5. The van der Waals surface area contributed by atoms with Crippen molar-refractivity contribution in [1.29, 1.82) is 0 Å². The molecule has 2 saturated heterocycles. The highest BCUT2D eigenvalue weighted by molar-refractivity contribution is 5.93. The second kappa shape index (κ2) is 16.1. The van der Waals surface area contributed by atoms with Gasteiger partial charge in [-0.3, -0.25) is 9.59 Å². The summed E-state index contributed by atoms with van der Waals surface area (Å²) in [7, 11) is 1.54. The van der Waals surface area contributed by atoms with Crippen molar-refractivity contribution in [3.05, 3.63) is 69.8 Å². The number of hydrogen-bond donors (Lipinski definition) is 6. The Morgan fingerprint density at radius 1 is 1.02 bits per heavy atom. The summed E-state index contributed by atoms with van der Waals surface area (Å²) >= 11 is 0. The minimum absolute atomic E-state index is 0.0902. The molecule has 2 heterocycles. The van der Waals surface area contributed by atoms with Crippen molar-refractivity contribution in [1.82, 2.24) is 15.5 Å². The number of aliphatic hydroxyl groups excluding tert-OH is 4. The minimum Gasteiger partial charge on any atom is -0.496 e. The van der Waals surface area contributed by atoms with Crippen LogP contribution in [0.2, 0.25) is 0 Å². The number of rotatable bonds is 12. The third-order valence-electron chi connectivity index (χ3n) is 9.66. The molecule has 270 valence electrons. The van der Waals surface area contributed by atoms with Crippen LogP contribution in [0.25, 0.3) is 6.08 Å². The van der Waals surface area contributed by atoms with E-state index in [4.69, 9.17) is 9.47 Å². The first-order valence-electron chi connectivity index (χ1n) is 17.2. The van der Waals surface area contributed by atoms with E-state index in [0.717, 1.165) is 53.7 Å². The minimum atomic E-state index is -1.50. The molecule has 6 N–H and O–H groups in total. The molecule has 4 rings (SSSR count). The summed E-state index contributed by atoms with van der Waals surface area (Å²) in [6.45, 7) is 13.5. The lowest BCUT2D eigenvalue weighted by Crippen LogP contribution is -2.60. The summed E-state index contributed by atoms with van der Waals surface area (Å²) in [4.78, 5) is 28.3. The van der Waals surface area contributed by atoms with Gasteiger partial charge in [-0.05, 0) is 87.4 Å². The Kier molecular flexibility index (Phi) is 12.7. The molecule has 2 aromatic rings. The van der Waals surface area contributed by atoms with Crippen LogP contribution in [0.3, 0.4) is 0 Å². The fourth-order valence-corrected chi connectivity index (χ4v) is 6.48. The van der Waals surface area contributed by atoms with Crippen LogP contribution >= 0.6 is 0 Å². The van der Waals surface area contributed by atoms with Gasteiger partial charge in [-0.15, -0.1) is 0 Å². The molecular weight excluding hydrogens is 626 g/mol. The molecule has 0 spiro atoms. The zero-order valence-corrected chi connectivity index (χ0v) is 30.0. The normalized spacial score (nSPS) is 23.5. The van der Waals surface area contributed by atoms with Crippen molar-refractivity contribution in [3.8, 4) is 5.75 Å². The molecule has 2 aliphatic heterocycles. The number of aryl methyl sites for hydroxylation is 2. The molecule has 0 aliphatic carbocycles. The van der Waals surface area contributed by atoms with E-state index in [1.54, 1.807) is 18.7 Å². The molecule has 2 amide bonds. The Bertz CT molecular complexity index is 1500. The molecule has 0 aromatic heterocycles. The number of aliphatic hydroxyl groups is 4. The van der Waals surface area contributed by atoms with E-state index in [1.165, 1.54) is 7.11 Å². The first-order chi connectivity index (χ1) is 23.1. The Balaban J connectivity index is 1.53. The number of nitrogens with zero attached hydrogens (tertiary/aromatic N) is 1. The van der Waals surface area contributed by atoms with Crippen LogP contribution in [-0.4, -0.2) is 107 Å². The van der Waals surface area contributed by atoms with Gasteiger partial charge in [-0.2, -0.15) is 0 Å². The SMILES string of the molecule is CCCc1cc(OC)c([C@@H]2O[C@H](CO)[C@H](O)[C@H](O)[C@@H]2O)cc1Cc1ccc(/C=C/C(C)(C)C(=O)NC(C)(C)C(=O)N2CCNCC2)cc1C. The predicted octanol–water partition coefficient (Wildman–Crippen LogP) is 2.43. The average Bonchev–Trinajstić information content (AvgIpc) is 3.08. The zero-order valence-electron chi connectivity index (χ0n) is 30.0. The van der Waals surface area contributed by atoms with Crippen molar-refractivity contribution < 1.29 is 39.5 Å². The fraction of sp³-hybridized carbons (Fsp3) is 0.579. The maximum Gasteiger partial charge on any atom is 0.247 e. The molecule has 11 nitrogen and oxygen atoms in total. The molecule has 0 saturated carbocycles. The van der Waals surface area contributed by atoms with Crippen LogP contribution in [0.1, 0.15) is 80.5 Å². The number of hydrogen-bond acceptors (Lipinski definition) is 9. The van der Waals surface area contributed by atoms with Crippen LogP contribution in [0.5, 0.6) is 5.75 Å². The van der Waals surface area contributed by atoms with Crippen LogP contribution in [0.15, 0.2) is 36.4 Å². The van der Waals surface area contributed by atoms with Crippen LogP contribution in [0, 0.1) is 12.3 Å². The van der Waals surface area contributed by atoms with E-state index in [9.17, 15) is 30.0 Å². The molecular formula is C38H55N3O8. The van der Waals surface area contributed by atoms with E-state index in [0.29, 0.717) is 30.8 Å². The van der Waals surface area contributed by atoms with E-state index in [2.05, 4.69) is 29.7 Å². The number of piperazine rings is 1. The van der Waals surface area contributed by atoms with Crippen molar-refractivity contribution in [2.75, 3.05) is 39.9 Å². The third-order valence-corrected chi connectivity index (χ3v) is 9.66. The van der Waals surface area contributed by atoms with Crippen molar-refractivity contribution in [2.24, 2.45) is 5.41 Å². The highest BCUT2D eigenvalue weighted by Crippen LogP contribution is 2.39. The number of nitrogens with one attached hydrogen (secondary N) is 2. The topological polar surface area (TPSA) is 161 Å². The molecule has 0 bridgehead atoms. The Morgan fingerprint density at radius 3 is 2.33 bits per heavy atom. The van der Waals surface area contributed by atoms with Gasteiger partial charge in [-0.1, -0.05) is 43.7 Å². The molecule has 0 unspecified atom stereocenters. The van der Waals surface area contributed by atoms with E-state index in [-0.39, 0.29) is 11.8 Å². The lowest BCUT2D eigenvalue weighted by atomic mass is 9.86. The number of carbonyl (C=O) groups is 2. The molecule has 2 fully saturated rings. The second-order valence-electron chi connectivity index (χ2n) is 14.4. The number of methoxy groups -OCH3 is 1. The Hall–Kier alpha value is -3.32. The van der Waals surface area contributed by atoms with E-state index >= 15 is 0 Å². The zero-order chi connectivity index (χ0) is 36.1. The largest absolute Gasteiger partial charge is 0.496 e. The Labute approximate surface area is 290 Å². The van der Waals surface area contributed by atoms with Gasteiger partial charge >= 0.3 is 0 Å². The number of benzene rings is 2. The molecule has 11 heteroatoms. The Morgan fingerprint density at radius 2 is 1.71 bits per heavy atom.